The number of benzene rings is 3. The quantitative estimate of drug-likeness (QED) is 0.268. The Balaban J connectivity index is 1.12. The van der Waals surface area contributed by atoms with Gasteiger partial charge in [-0.2, -0.15) is 0 Å². The first kappa shape index (κ1) is 38.1. The fraction of sp³-hybridized carbons (Fsp3) is 0.450. The van der Waals surface area contributed by atoms with Gasteiger partial charge in [-0.05, 0) is 67.8 Å². The largest absolute Gasteiger partial charge is 0.497 e. The Morgan fingerprint density at radius 1 is 0.926 bits per heavy atom. The van der Waals surface area contributed by atoms with E-state index in [2.05, 4.69) is 10.2 Å². The molecule has 14 heteroatoms. The molecule has 2 saturated carbocycles. The van der Waals surface area contributed by atoms with E-state index in [1.54, 1.807) is 12.0 Å². The van der Waals surface area contributed by atoms with Gasteiger partial charge in [0.1, 0.15) is 29.2 Å². The molecule has 3 aromatic carbocycles. The van der Waals surface area contributed by atoms with Crippen LogP contribution in [0.15, 0.2) is 71.7 Å². The fourth-order valence-corrected chi connectivity index (χ4v) is 8.47. The van der Waals surface area contributed by atoms with Crippen molar-refractivity contribution in [2.45, 2.75) is 50.7 Å². The molecule has 2 heterocycles. The summed E-state index contributed by atoms with van der Waals surface area (Å²) in [7, 11) is 1.59. The van der Waals surface area contributed by atoms with E-state index in [1.807, 2.05) is 85.5 Å². The highest BCUT2D eigenvalue weighted by Crippen LogP contribution is 2.47. The van der Waals surface area contributed by atoms with Gasteiger partial charge < -0.3 is 29.9 Å². The molecule has 3 fully saturated rings. The number of aliphatic hydroxyl groups is 2. The van der Waals surface area contributed by atoms with Crippen molar-refractivity contribution in [2.24, 2.45) is 22.7 Å². The number of fused-ring (bicyclic) bond motifs is 2. The molecule has 0 radical (unpaired) electrons. The van der Waals surface area contributed by atoms with Crippen LogP contribution in [0.4, 0.5) is 4.79 Å². The molecule has 2 bridgehead atoms. The van der Waals surface area contributed by atoms with E-state index in [0.717, 1.165) is 11.1 Å². The van der Waals surface area contributed by atoms with Gasteiger partial charge in [-0.15, -0.1) is 0 Å². The lowest BCUT2D eigenvalue weighted by Gasteiger charge is -2.39. The van der Waals surface area contributed by atoms with Gasteiger partial charge in [0.15, 0.2) is 0 Å². The molecule has 1 saturated heterocycles. The number of amides is 3. The van der Waals surface area contributed by atoms with Crippen LogP contribution >= 0.6 is 23.2 Å². The van der Waals surface area contributed by atoms with Crippen molar-refractivity contribution in [3.63, 3.8) is 0 Å². The van der Waals surface area contributed by atoms with Crippen molar-refractivity contribution in [1.82, 2.24) is 20.0 Å². The van der Waals surface area contributed by atoms with Gasteiger partial charge >= 0.3 is 6.03 Å². The summed E-state index contributed by atoms with van der Waals surface area (Å²) in [4.78, 5) is 51.4. The number of halogens is 2. The van der Waals surface area contributed by atoms with Crippen LogP contribution in [0.1, 0.15) is 49.0 Å². The first-order valence-corrected chi connectivity index (χ1v) is 19.1. The summed E-state index contributed by atoms with van der Waals surface area (Å²) < 4.78 is 11.8. The molecule has 0 aromatic heterocycles. The zero-order valence-corrected chi connectivity index (χ0v) is 31.9. The van der Waals surface area contributed by atoms with Crippen LogP contribution < -0.4 is 14.8 Å². The number of hydrogen-bond donors (Lipinski definition) is 3. The number of aliphatic hydroxyl groups excluding tert-OH is 2. The zero-order chi connectivity index (χ0) is 38.3. The van der Waals surface area contributed by atoms with E-state index >= 15 is 0 Å². The number of aliphatic imine (C=N–C) groups is 1. The molecule has 7 atom stereocenters. The normalized spacial score (nSPS) is 26.7. The molecule has 2 aliphatic heterocycles. The van der Waals surface area contributed by atoms with E-state index in [1.165, 1.54) is 0 Å². The third kappa shape index (κ3) is 7.42. The molecular formula is C40H45Cl2N5O7. The Morgan fingerprint density at radius 3 is 2.17 bits per heavy atom. The first-order chi connectivity index (χ1) is 25.9. The molecular weight excluding hydrogens is 733 g/mol. The highest BCUT2D eigenvalue weighted by molar-refractivity contribution is 6.30. The summed E-state index contributed by atoms with van der Waals surface area (Å²) in [6.07, 6.45) is -2.19. The zero-order valence-electron chi connectivity index (χ0n) is 30.4. The smallest absolute Gasteiger partial charge is 0.326 e. The average Bonchev–Trinajstić information content (AvgIpc) is 3.78. The minimum absolute atomic E-state index is 0.158. The lowest BCUT2D eigenvalue weighted by Crippen LogP contribution is -2.55. The third-order valence-electron chi connectivity index (χ3n) is 11.0. The number of carbonyl (C=O) groups is 3. The van der Waals surface area contributed by atoms with Gasteiger partial charge in [0, 0.05) is 61.3 Å². The number of ketones is 1. The Bertz CT molecular complexity index is 1900. The van der Waals surface area contributed by atoms with E-state index in [0.29, 0.717) is 72.2 Å². The number of hydrogen-bond acceptors (Lipinski definition) is 9. The number of Topliss-reactive ketones (excluding diaryl/α,β-unsaturated/α-hetero) is 1. The minimum Gasteiger partial charge on any atom is -0.497 e. The summed E-state index contributed by atoms with van der Waals surface area (Å²) in [5, 5.41) is 24.4. The maximum atomic E-state index is 14.9. The summed E-state index contributed by atoms with van der Waals surface area (Å²) in [6.45, 7) is 6.83. The van der Waals surface area contributed by atoms with Gasteiger partial charge in [0.05, 0.1) is 48.9 Å². The molecule has 12 nitrogen and oxygen atoms in total. The van der Waals surface area contributed by atoms with Crippen LogP contribution in [-0.2, 0) is 9.59 Å². The van der Waals surface area contributed by atoms with Crippen LogP contribution in [-0.4, -0.2) is 113 Å². The maximum Gasteiger partial charge on any atom is 0.326 e. The number of piperazine rings is 1. The lowest BCUT2D eigenvalue weighted by molar-refractivity contribution is -0.133. The summed E-state index contributed by atoms with van der Waals surface area (Å²) in [5.74, 6) is -1.03. The molecule has 3 amide bonds. The predicted molar refractivity (Wildman–Crippen MR) is 204 cm³/mol. The number of nitrogens with one attached hydrogen (secondary N) is 1. The topological polar surface area (TPSA) is 144 Å². The van der Waals surface area contributed by atoms with E-state index in [9.17, 15) is 24.6 Å². The second-order valence-electron chi connectivity index (χ2n) is 14.6. The summed E-state index contributed by atoms with van der Waals surface area (Å²) >= 11 is 12.6. The summed E-state index contributed by atoms with van der Waals surface area (Å²) in [6, 6.07) is 19.3. The molecule has 54 heavy (non-hydrogen) atoms. The molecule has 3 aromatic rings. The van der Waals surface area contributed by atoms with Gasteiger partial charge in [0.25, 0.3) is 0 Å². The van der Waals surface area contributed by atoms with Crippen LogP contribution in [0.5, 0.6) is 11.5 Å². The van der Waals surface area contributed by atoms with E-state index in [-0.39, 0.29) is 30.2 Å². The van der Waals surface area contributed by atoms with Crippen molar-refractivity contribution in [2.75, 3.05) is 46.4 Å². The third-order valence-corrected chi connectivity index (χ3v) is 11.5. The SMILES string of the molecule is COc1ccc(C2=N[C@@H](c3ccc(Cl)cc3)[C@@H](c3ccc(Cl)cc3)N2C(=O)N2CCN(CCNC(=O)[C@H]3C[C@@H]4C(=O)C3[C@H](O)[C@@H]4O)CC2)c(OC(C)C)c1. The Morgan fingerprint density at radius 2 is 1.57 bits per heavy atom. The van der Waals surface area contributed by atoms with Gasteiger partial charge in [-0.1, -0.05) is 47.5 Å². The standard InChI is InChI=1S/C40H45Cl2N5O7/c1-22(2)54-31-20-27(53-3)12-13-28(31)38-44-33(23-4-8-25(41)9-5-23)34(24-6-10-26(42)11-7-24)47(38)40(52)46-18-16-45(17-19-46)15-14-43-39(51)29-21-30-35(48)32(29)37(50)36(30)49/h4-13,20,22,29-30,32-34,36-37,49-50H,14-19,21H2,1-3H3,(H,43,51)/t29-,30+,32?,33-,34+,36+,37-/m0/s1. The lowest BCUT2D eigenvalue weighted by atomic mass is 9.84. The van der Waals surface area contributed by atoms with Crippen molar-refractivity contribution < 1.29 is 34.1 Å². The van der Waals surface area contributed by atoms with Crippen molar-refractivity contribution in [3.05, 3.63) is 93.5 Å². The predicted octanol–water partition coefficient (Wildman–Crippen LogP) is 4.74. The van der Waals surface area contributed by atoms with Gasteiger partial charge in [0.2, 0.25) is 5.91 Å². The molecule has 286 valence electrons. The van der Waals surface area contributed by atoms with Crippen molar-refractivity contribution in [3.8, 4) is 11.5 Å². The van der Waals surface area contributed by atoms with Crippen LogP contribution in [0.25, 0.3) is 0 Å². The molecule has 0 spiro atoms. The number of amidine groups is 1. The van der Waals surface area contributed by atoms with E-state index in [4.69, 9.17) is 37.7 Å². The Hall–Kier alpha value is -4.20. The summed E-state index contributed by atoms with van der Waals surface area (Å²) in [5.41, 5.74) is 2.40. The highest BCUT2D eigenvalue weighted by atomic mass is 35.5. The van der Waals surface area contributed by atoms with Crippen LogP contribution in [0, 0.1) is 17.8 Å². The number of carbonyl (C=O) groups excluding carboxylic acids is 3. The minimum atomic E-state index is -1.20. The molecule has 2 aliphatic carbocycles. The van der Waals surface area contributed by atoms with Crippen molar-refractivity contribution in [1.29, 1.82) is 0 Å². The molecule has 3 N–H and O–H groups in total. The van der Waals surface area contributed by atoms with Crippen LogP contribution in [0.3, 0.4) is 0 Å². The number of urea groups is 1. The van der Waals surface area contributed by atoms with Gasteiger partial charge in [-0.3, -0.25) is 24.4 Å². The molecule has 4 aliphatic rings. The number of methoxy groups -OCH3 is 1. The first-order valence-electron chi connectivity index (χ1n) is 18.4. The monoisotopic (exact) mass is 777 g/mol. The second kappa shape index (κ2) is 15.9. The molecule has 1 unspecified atom stereocenters. The molecule has 7 rings (SSSR count). The highest BCUT2D eigenvalue weighted by Gasteiger charge is 2.60. The number of ether oxygens (including phenoxy) is 2. The number of rotatable bonds is 10. The second-order valence-corrected chi connectivity index (χ2v) is 15.5. The van der Waals surface area contributed by atoms with Gasteiger partial charge in [-0.25, -0.2) is 4.79 Å². The average molecular weight is 779 g/mol. The Labute approximate surface area is 324 Å². The fourth-order valence-electron chi connectivity index (χ4n) is 8.22. The Kier molecular flexibility index (Phi) is 11.2. The number of nitrogens with zero attached hydrogens (tertiary/aromatic N) is 4. The van der Waals surface area contributed by atoms with Crippen LogP contribution in [0.2, 0.25) is 10.0 Å². The van der Waals surface area contributed by atoms with E-state index < -0.39 is 42.0 Å². The maximum absolute atomic E-state index is 14.9. The van der Waals surface area contributed by atoms with Crippen molar-refractivity contribution >= 4 is 46.8 Å².